The molecule has 0 spiro atoms. The molecule has 1 amide bonds. The van der Waals surface area contributed by atoms with E-state index >= 15 is 0 Å². The Bertz CT molecular complexity index is 1160. The summed E-state index contributed by atoms with van der Waals surface area (Å²) in [5, 5.41) is 1.76. The minimum atomic E-state index is -0.427. The molecule has 0 aliphatic rings. The van der Waals surface area contributed by atoms with Gasteiger partial charge in [-0.15, -0.1) is 0 Å². The standard InChI is InChI=1S/C22H18IN2O2/c1-27-13-14-9-10-16-20(11-14)25(12-15-5-2-3-7-18(15)23)19-8-4-6-17(21(16)19)22(24)26/h2-9,11H,12-13H2,1H3,(H2,24,26). The number of rotatable bonds is 5. The van der Waals surface area contributed by atoms with Gasteiger partial charge in [0.2, 0.25) is 5.91 Å². The number of fused-ring (bicyclic) bond motifs is 3. The Hall–Kier alpha value is -2.38. The minimum absolute atomic E-state index is 0.427. The molecule has 0 saturated carbocycles. The van der Waals surface area contributed by atoms with Crippen LogP contribution in [-0.4, -0.2) is 17.6 Å². The summed E-state index contributed by atoms with van der Waals surface area (Å²) in [6.07, 6.45) is 0. The number of halogens is 1. The fourth-order valence-corrected chi connectivity index (χ4v) is 4.08. The van der Waals surface area contributed by atoms with E-state index in [1.165, 1.54) is 9.13 Å². The fraction of sp³-hybridized carbons (Fsp3) is 0.136. The van der Waals surface area contributed by atoms with Crippen molar-refractivity contribution in [3.63, 3.8) is 0 Å². The van der Waals surface area contributed by atoms with Crippen LogP contribution in [0.3, 0.4) is 0 Å². The highest BCUT2D eigenvalue weighted by atomic mass is 127. The van der Waals surface area contributed by atoms with E-state index in [0.29, 0.717) is 18.7 Å². The van der Waals surface area contributed by atoms with E-state index in [2.05, 4.69) is 51.4 Å². The lowest BCUT2D eigenvalue weighted by atomic mass is 10.0. The number of carbonyl (C=O) groups excluding carboxylic acids is 1. The third kappa shape index (κ3) is 3.21. The molecule has 4 rings (SSSR count). The van der Waals surface area contributed by atoms with Crippen LogP contribution in [0.25, 0.3) is 21.8 Å². The van der Waals surface area contributed by atoms with Crippen LogP contribution in [0.1, 0.15) is 21.5 Å². The van der Waals surface area contributed by atoms with Crippen LogP contribution < -0.4 is 5.73 Å². The average molecular weight is 469 g/mol. The Morgan fingerprint density at radius 3 is 2.74 bits per heavy atom. The van der Waals surface area contributed by atoms with E-state index in [9.17, 15) is 4.79 Å². The van der Waals surface area contributed by atoms with Gasteiger partial charge in [-0.3, -0.25) is 4.79 Å². The summed E-state index contributed by atoms with van der Waals surface area (Å²) >= 11 is 2.35. The van der Waals surface area contributed by atoms with Gasteiger partial charge in [0.1, 0.15) is 0 Å². The maximum atomic E-state index is 12.0. The van der Waals surface area contributed by atoms with Crippen molar-refractivity contribution in [2.24, 2.45) is 5.73 Å². The molecule has 27 heavy (non-hydrogen) atoms. The Kier molecular flexibility index (Phi) is 4.88. The molecule has 3 aromatic carbocycles. The van der Waals surface area contributed by atoms with Crippen molar-refractivity contribution in [2.75, 3.05) is 7.11 Å². The summed E-state index contributed by atoms with van der Waals surface area (Å²) in [6.45, 7) is 1.21. The molecule has 0 bridgehead atoms. The first-order valence-corrected chi connectivity index (χ1v) is 9.65. The Morgan fingerprint density at radius 1 is 1.19 bits per heavy atom. The normalized spacial score (nSPS) is 11.3. The number of amides is 1. The highest BCUT2D eigenvalue weighted by molar-refractivity contribution is 14.1. The highest BCUT2D eigenvalue weighted by Gasteiger charge is 2.17. The van der Waals surface area contributed by atoms with E-state index in [1.807, 2.05) is 30.3 Å². The molecular weight excluding hydrogens is 451 g/mol. The zero-order valence-corrected chi connectivity index (χ0v) is 17.0. The topological polar surface area (TPSA) is 57.2 Å². The Labute approximate surface area is 171 Å². The number of benzene rings is 3. The maximum Gasteiger partial charge on any atom is 0.249 e. The summed E-state index contributed by atoms with van der Waals surface area (Å²) in [5.74, 6) is -0.427. The molecule has 0 saturated heterocycles. The molecule has 4 nitrogen and oxygen atoms in total. The molecule has 135 valence electrons. The highest BCUT2D eigenvalue weighted by Crippen LogP contribution is 2.33. The molecule has 0 aliphatic heterocycles. The van der Waals surface area contributed by atoms with Crippen LogP contribution >= 0.6 is 22.6 Å². The van der Waals surface area contributed by atoms with Crippen molar-refractivity contribution in [1.82, 2.24) is 4.57 Å². The number of hydrogen-bond donors (Lipinski definition) is 1. The number of nitrogens with zero attached hydrogens (tertiary/aromatic N) is 1. The van der Waals surface area contributed by atoms with Crippen LogP contribution in [0.5, 0.6) is 0 Å². The van der Waals surface area contributed by atoms with Gasteiger partial charge in [0, 0.05) is 33.6 Å². The van der Waals surface area contributed by atoms with Crippen molar-refractivity contribution in [3.05, 3.63) is 80.9 Å². The maximum absolute atomic E-state index is 12.0. The number of carbonyl (C=O) groups is 1. The van der Waals surface area contributed by atoms with Gasteiger partial charge in [-0.25, -0.2) is 0 Å². The van der Waals surface area contributed by atoms with Gasteiger partial charge in [0.15, 0.2) is 0 Å². The molecule has 0 unspecified atom stereocenters. The number of aromatic nitrogens is 1. The summed E-state index contributed by atoms with van der Waals surface area (Å²) < 4.78 is 8.71. The number of methoxy groups -OCH3 is 1. The first kappa shape index (κ1) is 18.0. The SMILES string of the molecule is COCc1c[c]c2c3c(C(N)=O)cccc3n(Cc3ccccc3I)c2c1. The molecule has 2 N–H and O–H groups in total. The van der Waals surface area contributed by atoms with Crippen molar-refractivity contribution >= 4 is 50.3 Å². The zero-order valence-electron chi connectivity index (χ0n) is 14.8. The summed E-state index contributed by atoms with van der Waals surface area (Å²) in [6, 6.07) is 21.4. The molecule has 1 heterocycles. The quantitative estimate of drug-likeness (QED) is 0.438. The molecule has 0 atom stereocenters. The Morgan fingerprint density at radius 2 is 2.00 bits per heavy atom. The molecule has 4 aromatic rings. The lowest BCUT2D eigenvalue weighted by Gasteiger charge is -2.10. The monoisotopic (exact) mass is 469 g/mol. The van der Waals surface area contributed by atoms with Crippen LogP contribution in [0.4, 0.5) is 0 Å². The second-order valence-corrected chi connectivity index (χ2v) is 7.60. The predicted octanol–water partition coefficient (Wildman–Crippen LogP) is 4.49. The van der Waals surface area contributed by atoms with Gasteiger partial charge >= 0.3 is 0 Å². The summed E-state index contributed by atoms with van der Waals surface area (Å²) in [7, 11) is 1.68. The van der Waals surface area contributed by atoms with Gasteiger partial charge in [0.25, 0.3) is 0 Å². The largest absolute Gasteiger partial charge is 0.380 e. The smallest absolute Gasteiger partial charge is 0.249 e. The van der Waals surface area contributed by atoms with Crippen molar-refractivity contribution in [2.45, 2.75) is 13.2 Å². The second kappa shape index (κ2) is 7.32. The third-order valence-electron chi connectivity index (χ3n) is 4.72. The first-order valence-electron chi connectivity index (χ1n) is 8.58. The molecule has 1 radical (unpaired) electrons. The third-order valence-corrected chi connectivity index (χ3v) is 5.77. The molecule has 0 fully saturated rings. The minimum Gasteiger partial charge on any atom is -0.380 e. The lowest BCUT2D eigenvalue weighted by molar-refractivity contribution is 0.100. The van der Waals surface area contributed by atoms with Crippen LogP contribution in [0.15, 0.2) is 54.6 Å². The van der Waals surface area contributed by atoms with E-state index in [1.54, 1.807) is 13.2 Å². The molecule has 0 aliphatic carbocycles. The molecular formula is C22H18IN2O2. The fourth-order valence-electron chi connectivity index (χ4n) is 3.52. The summed E-state index contributed by atoms with van der Waals surface area (Å²) in [5.41, 5.74) is 10.4. The van der Waals surface area contributed by atoms with E-state index in [-0.39, 0.29) is 0 Å². The number of hydrogen-bond acceptors (Lipinski definition) is 2. The lowest BCUT2D eigenvalue weighted by Crippen LogP contribution is -2.11. The van der Waals surface area contributed by atoms with Gasteiger partial charge in [0.05, 0.1) is 17.6 Å². The van der Waals surface area contributed by atoms with Crippen molar-refractivity contribution in [1.29, 1.82) is 0 Å². The number of nitrogens with two attached hydrogens (primary N) is 1. The second-order valence-electron chi connectivity index (χ2n) is 6.44. The summed E-state index contributed by atoms with van der Waals surface area (Å²) in [4.78, 5) is 12.0. The van der Waals surface area contributed by atoms with Gasteiger partial charge in [-0.05, 0) is 70.1 Å². The van der Waals surface area contributed by atoms with E-state index in [0.717, 1.165) is 27.4 Å². The van der Waals surface area contributed by atoms with Crippen molar-refractivity contribution in [3.8, 4) is 0 Å². The number of primary amides is 1. The molecule has 1 aromatic heterocycles. The van der Waals surface area contributed by atoms with Gasteiger partial charge < -0.3 is 15.0 Å². The van der Waals surface area contributed by atoms with E-state index in [4.69, 9.17) is 10.5 Å². The van der Waals surface area contributed by atoms with Crippen LogP contribution in [-0.2, 0) is 17.9 Å². The Balaban J connectivity index is 2.04. The average Bonchev–Trinajstić information content (AvgIpc) is 2.97. The van der Waals surface area contributed by atoms with Crippen molar-refractivity contribution < 1.29 is 9.53 Å². The zero-order chi connectivity index (χ0) is 19.0. The van der Waals surface area contributed by atoms with Gasteiger partial charge in [-0.2, -0.15) is 0 Å². The van der Waals surface area contributed by atoms with Crippen LogP contribution in [0, 0.1) is 9.64 Å². The predicted molar refractivity (Wildman–Crippen MR) is 116 cm³/mol. The number of ether oxygens (including phenoxy) is 1. The van der Waals surface area contributed by atoms with Crippen LogP contribution in [0.2, 0.25) is 0 Å². The van der Waals surface area contributed by atoms with Gasteiger partial charge in [-0.1, -0.05) is 24.3 Å². The first-order chi connectivity index (χ1) is 13.1. The van der Waals surface area contributed by atoms with E-state index < -0.39 is 5.91 Å². The molecule has 5 heteroatoms.